The van der Waals surface area contributed by atoms with E-state index in [1.165, 1.54) is 6.39 Å². The van der Waals surface area contributed by atoms with E-state index >= 15 is 0 Å². The van der Waals surface area contributed by atoms with Crippen LogP contribution in [0.15, 0.2) is 10.9 Å². The van der Waals surface area contributed by atoms with Crippen molar-refractivity contribution < 1.29 is 9.26 Å². The molecule has 0 aliphatic carbocycles. The SMILES string of the molecule is c1nc(C2COC2)no1. The zero-order valence-corrected chi connectivity index (χ0v) is 4.78. The van der Waals surface area contributed by atoms with Crippen LogP contribution < -0.4 is 0 Å². The van der Waals surface area contributed by atoms with Crippen LogP contribution in [0.25, 0.3) is 0 Å². The van der Waals surface area contributed by atoms with Crippen LogP contribution in [0.2, 0.25) is 0 Å². The summed E-state index contributed by atoms with van der Waals surface area (Å²) < 4.78 is 9.49. The minimum absolute atomic E-state index is 0.378. The Hall–Kier alpha value is -0.900. The lowest BCUT2D eigenvalue weighted by molar-refractivity contribution is 0.00403. The Morgan fingerprint density at radius 1 is 1.56 bits per heavy atom. The van der Waals surface area contributed by atoms with E-state index < -0.39 is 0 Å². The van der Waals surface area contributed by atoms with Crippen LogP contribution >= 0.6 is 0 Å². The van der Waals surface area contributed by atoms with E-state index in [0.29, 0.717) is 5.92 Å². The molecule has 1 aromatic rings. The molecule has 0 saturated carbocycles. The van der Waals surface area contributed by atoms with Gasteiger partial charge in [0.2, 0.25) is 6.39 Å². The van der Waals surface area contributed by atoms with Gasteiger partial charge in [-0.25, -0.2) is 0 Å². The first-order chi connectivity index (χ1) is 4.47. The van der Waals surface area contributed by atoms with Crippen molar-refractivity contribution in [3.8, 4) is 0 Å². The first-order valence-corrected chi connectivity index (χ1v) is 2.81. The van der Waals surface area contributed by atoms with Crippen molar-refractivity contribution in [2.24, 2.45) is 0 Å². The smallest absolute Gasteiger partial charge is 0.213 e. The second-order valence-electron chi connectivity index (χ2n) is 2.02. The molecule has 9 heavy (non-hydrogen) atoms. The molecule has 0 N–H and O–H groups in total. The number of hydrogen-bond acceptors (Lipinski definition) is 4. The largest absolute Gasteiger partial charge is 0.380 e. The molecule has 2 rings (SSSR count). The second-order valence-corrected chi connectivity index (χ2v) is 2.02. The molecule has 0 radical (unpaired) electrons. The zero-order valence-electron chi connectivity index (χ0n) is 4.78. The standard InChI is InChI=1S/C5H6N2O2/c1-4(2-8-1)5-6-3-9-7-5/h3-4H,1-2H2. The zero-order chi connectivity index (χ0) is 6.10. The third-order valence-electron chi connectivity index (χ3n) is 1.38. The molecule has 1 aliphatic heterocycles. The maximum Gasteiger partial charge on any atom is 0.213 e. The van der Waals surface area contributed by atoms with Gasteiger partial charge < -0.3 is 9.26 Å². The quantitative estimate of drug-likeness (QED) is 0.538. The van der Waals surface area contributed by atoms with E-state index in [-0.39, 0.29) is 0 Å². The Morgan fingerprint density at radius 3 is 2.89 bits per heavy atom. The van der Waals surface area contributed by atoms with E-state index in [1.54, 1.807) is 0 Å². The van der Waals surface area contributed by atoms with Crippen molar-refractivity contribution in [1.29, 1.82) is 0 Å². The topological polar surface area (TPSA) is 48.2 Å². The highest BCUT2D eigenvalue weighted by Gasteiger charge is 2.24. The molecule has 4 heteroatoms. The Labute approximate surface area is 51.8 Å². The molecule has 0 aromatic carbocycles. The number of rotatable bonds is 1. The molecule has 0 unspecified atom stereocenters. The lowest BCUT2D eigenvalue weighted by Crippen LogP contribution is -2.25. The summed E-state index contributed by atoms with van der Waals surface area (Å²) >= 11 is 0. The van der Waals surface area contributed by atoms with Crippen LogP contribution in [0.4, 0.5) is 0 Å². The Balaban J connectivity index is 2.14. The second kappa shape index (κ2) is 1.80. The highest BCUT2D eigenvalue weighted by atomic mass is 16.5. The van der Waals surface area contributed by atoms with Gasteiger partial charge in [0.25, 0.3) is 0 Å². The first kappa shape index (κ1) is 4.93. The van der Waals surface area contributed by atoms with Crippen molar-refractivity contribution in [3.63, 3.8) is 0 Å². The average molecular weight is 126 g/mol. The molecule has 0 amide bonds. The summed E-state index contributed by atoms with van der Waals surface area (Å²) in [5.41, 5.74) is 0. The first-order valence-electron chi connectivity index (χ1n) is 2.81. The number of aromatic nitrogens is 2. The summed E-state index contributed by atoms with van der Waals surface area (Å²) in [4.78, 5) is 3.88. The van der Waals surface area contributed by atoms with Gasteiger partial charge in [0.15, 0.2) is 5.82 Å². The summed E-state index contributed by atoms with van der Waals surface area (Å²) in [6.07, 6.45) is 1.34. The van der Waals surface area contributed by atoms with Gasteiger partial charge in [-0.3, -0.25) is 0 Å². The van der Waals surface area contributed by atoms with Crippen LogP contribution in [-0.4, -0.2) is 23.4 Å². The lowest BCUT2D eigenvalue weighted by Gasteiger charge is -2.21. The van der Waals surface area contributed by atoms with Crippen LogP contribution in [0, 0.1) is 0 Å². The fraction of sp³-hybridized carbons (Fsp3) is 0.600. The molecular formula is C5H6N2O2. The number of nitrogens with zero attached hydrogens (tertiary/aromatic N) is 2. The Kier molecular flexibility index (Phi) is 0.989. The third kappa shape index (κ3) is 0.712. The van der Waals surface area contributed by atoms with Gasteiger partial charge in [0.05, 0.1) is 19.1 Å². The highest BCUT2D eigenvalue weighted by molar-refractivity contribution is 4.95. The molecule has 1 aliphatic rings. The maximum atomic E-state index is 4.94. The van der Waals surface area contributed by atoms with Crippen LogP contribution in [0.5, 0.6) is 0 Å². The normalized spacial score (nSPS) is 19.6. The molecule has 2 heterocycles. The lowest BCUT2D eigenvalue weighted by atomic mass is 10.1. The molecule has 1 aromatic heterocycles. The van der Waals surface area contributed by atoms with Crippen molar-refractivity contribution in [3.05, 3.63) is 12.2 Å². The van der Waals surface area contributed by atoms with Crippen molar-refractivity contribution in [2.45, 2.75) is 5.92 Å². The monoisotopic (exact) mass is 126 g/mol. The van der Waals surface area contributed by atoms with E-state index in [4.69, 9.17) is 4.74 Å². The number of hydrogen-bond donors (Lipinski definition) is 0. The molecule has 0 spiro atoms. The van der Waals surface area contributed by atoms with Crippen LogP contribution in [0.1, 0.15) is 11.7 Å². The van der Waals surface area contributed by atoms with Gasteiger partial charge in [-0.2, -0.15) is 4.98 Å². The van der Waals surface area contributed by atoms with Gasteiger partial charge in [-0.05, 0) is 0 Å². The minimum atomic E-state index is 0.378. The fourth-order valence-electron chi connectivity index (χ4n) is 0.743. The predicted molar refractivity (Wildman–Crippen MR) is 27.9 cm³/mol. The summed E-state index contributed by atoms with van der Waals surface area (Å²) in [5.74, 6) is 1.14. The highest BCUT2D eigenvalue weighted by Crippen LogP contribution is 2.19. The Bertz CT molecular complexity index is 181. The van der Waals surface area contributed by atoms with Gasteiger partial charge in [0, 0.05) is 0 Å². The summed E-state index contributed by atoms with van der Waals surface area (Å²) in [6.45, 7) is 1.47. The van der Waals surface area contributed by atoms with Crippen LogP contribution in [-0.2, 0) is 4.74 Å². The van der Waals surface area contributed by atoms with E-state index in [9.17, 15) is 0 Å². The number of ether oxygens (including phenoxy) is 1. The molecule has 1 saturated heterocycles. The maximum absolute atomic E-state index is 4.94. The van der Waals surface area contributed by atoms with E-state index in [1.807, 2.05) is 0 Å². The van der Waals surface area contributed by atoms with Gasteiger partial charge in [-0.1, -0.05) is 5.16 Å². The van der Waals surface area contributed by atoms with Crippen molar-refractivity contribution in [1.82, 2.24) is 10.1 Å². The molecular weight excluding hydrogens is 120 g/mol. The third-order valence-corrected chi connectivity index (χ3v) is 1.38. The van der Waals surface area contributed by atoms with E-state index in [2.05, 4.69) is 14.7 Å². The van der Waals surface area contributed by atoms with Crippen molar-refractivity contribution in [2.75, 3.05) is 13.2 Å². The molecule has 4 nitrogen and oxygen atoms in total. The molecule has 0 bridgehead atoms. The summed E-state index contributed by atoms with van der Waals surface area (Å²) in [5, 5.41) is 3.67. The average Bonchev–Trinajstić information content (AvgIpc) is 2.11. The summed E-state index contributed by atoms with van der Waals surface area (Å²) in [7, 11) is 0. The molecule has 0 atom stereocenters. The molecule has 48 valence electrons. The van der Waals surface area contributed by atoms with Gasteiger partial charge >= 0.3 is 0 Å². The molecule has 1 fully saturated rings. The van der Waals surface area contributed by atoms with Gasteiger partial charge in [-0.15, -0.1) is 0 Å². The van der Waals surface area contributed by atoms with Gasteiger partial charge in [0.1, 0.15) is 0 Å². The summed E-state index contributed by atoms with van der Waals surface area (Å²) in [6, 6.07) is 0. The predicted octanol–water partition coefficient (Wildman–Crippen LogP) is 0.183. The van der Waals surface area contributed by atoms with Crippen LogP contribution in [0.3, 0.4) is 0 Å². The Morgan fingerprint density at radius 2 is 2.44 bits per heavy atom. The van der Waals surface area contributed by atoms with E-state index in [0.717, 1.165) is 19.0 Å². The van der Waals surface area contributed by atoms with Crippen molar-refractivity contribution >= 4 is 0 Å². The minimum Gasteiger partial charge on any atom is -0.380 e. The fourth-order valence-corrected chi connectivity index (χ4v) is 0.743.